The molecule has 1 unspecified atom stereocenters. The van der Waals surface area contributed by atoms with Crippen LogP contribution in [0.4, 0.5) is 0 Å². The Bertz CT molecular complexity index is 1790. The van der Waals surface area contributed by atoms with Crippen LogP contribution in [0.1, 0.15) is 39.0 Å². The molecular formula is C28H28N6O10S2. The Labute approximate surface area is 266 Å². The molecule has 0 bridgehead atoms. The minimum absolute atomic E-state index is 0.0762. The summed E-state index contributed by atoms with van der Waals surface area (Å²) in [5.41, 5.74) is 0.435. The van der Waals surface area contributed by atoms with Crippen LogP contribution in [-0.2, 0) is 24.5 Å². The minimum atomic E-state index is -4.35. The van der Waals surface area contributed by atoms with Crippen molar-refractivity contribution in [3.05, 3.63) is 88.8 Å². The Morgan fingerprint density at radius 2 is 1.91 bits per heavy atom. The molecule has 0 radical (unpaired) electrons. The van der Waals surface area contributed by atoms with Crippen LogP contribution in [0.5, 0.6) is 0 Å². The van der Waals surface area contributed by atoms with E-state index in [1.807, 2.05) is 0 Å². The van der Waals surface area contributed by atoms with Crippen LogP contribution in [0.3, 0.4) is 0 Å². The predicted octanol–water partition coefficient (Wildman–Crippen LogP) is -1.41. The minimum Gasteiger partial charge on any atom is -0.748 e. The SMILES string of the molecule is O=C(O)C1=C(C[NH+]2C=CC(CCS(=O)(=O)[O-])=CC2)CS[C@@H]2[C@H](NC(=O)[C@H](NC(=O)c3nc[nH]c3C(=O)O)c3ccccc3)C(=O)N12. The Balaban J connectivity index is 1.28. The van der Waals surface area contributed by atoms with Crippen LogP contribution in [-0.4, -0.2) is 104 Å². The fourth-order valence-corrected chi connectivity index (χ4v) is 7.12. The summed E-state index contributed by atoms with van der Waals surface area (Å²) in [6.45, 7) is 0.663. The van der Waals surface area contributed by atoms with E-state index < -0.39 is 74.4 Å². The van der Waals surface area contributed by atoms with Gasteiger partial charge in [0.15, 0.2) is 11.4 Å². The van der Waals surface area contributed by atoms with Gasteiger partial charge in [0.25, 0.3) is 11.8 Å². The third-order valence-electron chi connectivity index (χ3n) is 7.53. The summed E-state index contributed by atoms with van der Waals surface area (Å²) < 4.78 is 32.8. The van der Waals surface area contributed by atoms with Crippen molar-refractivity contribution in [2.75, 3.05) is 24.6 Å². The van der Waals surface area contributed by atoms with E-state index >= 15 is 0 Å². The lowest BCUT2D eigenvalue weighted by molar-refractivity contribution is -0.835. The fraction of sp³-hybridized carbons (Fsp3) is 0.286. The van der Waals surface area contributed by atoms with Crippen LogP contribution in [0.15, 0.2) is 71.9 Å². The second-order valence-corrected chi connectivity index (χ2v) is 13.2. The van der Waals surface area contributed by atoms with Crippen LogP contribution in [0.25, 0.3) is 0 Å². The molecule has 2 aromatic rings. The van der Waals surface area contributed by atoms with Gasteiger partial charge in [0, 0.05) is 17.1 Å². The molecule has 3 aliphatic heterocycles. The number of β-lactam (4-membered cyclic amide) rings is 1. The first-order valence-corrected chi connectivity index (χ1v) is 16.4. The van der Waals surface area contributed by atoms with Crippen molar-refractivity contribution >= 4 is 51.5 Å². The van der Waals surface area contributed by atoms with Crippen molar-refractivity contribution in [1.29, 1.82) is 0 Å². The first-order chi connectivity index (χ1) is 21.8. The summed E-state index contributed by atoms with van der Waals surface area (Å²) in [5.74, 6) is -5.36. The number of aromatic nitrogens is 2. The highest BCUT2D eigenvalue weighted by atomic mass is 32.2. The van der Waals surface area contributed by atoms with Crippen molar-refractivity contribution < 1.29 is 52.1 Å². The average Bonchev–Trinajstić information content (AvgIpc) is 3.52. The molecule has 0 spiro atoms. The zero-order valence-corrected chi connectivity index (χ0v) is 25.5. The van der Waals surface area contributed by atoms with Crippen molar-refractivity contribution in [3.8, 4) is 0 Å². The molecule has 1 aromatic carbocycles. The summed E-state index contributed by atoms with van der Waals surface area (Å²) in [4.78, 5) is 71.6. The molecule has 18 heteroatoms. The van der Waals surface area contributed by atoms with Crippen molar-refractivity contribution in [1.82, 2.24) is 25.5 Å². The van der Waals surface area contributed by atoms with Gasteiger partial charge in [0.2, 0.25) is 5.91 Å². The molecule has 3 amide bonds. The number of aliphatic carboxylic acids is 1. The molecule has 3 aliphatic rings. The van der Waals surface area contributed by atoms with Gasteiger partial charge in [0.05, 0.1) is 22.6 Å². The second-order valence-electron chi connectivity index (χ2n) is 10.6. The maximum atomic E-state index is 13.5. The van der Waals surface area contributed by atoms with E-state index in [2.05, 4.69) is 20.6 Å². The molecule has 242 valence electrons. The van der Waals surface area contributed by atoms with Crippen LogP contribution >= 0.6 is 11.8 Å². The summed E-state index contributed by atoms with van der Waals surface area (Å²) in [7, 11) is -4.35. The van der Waals surface area contributed by atoms with Crippen LogP contribution in [0, 0.1) is 0 Å². The number of rotatable bonds is 12. The smallest absolute Gasteiger partial charge is 0.354 e. The molecule has 1 fully saturated rings. The first-order valence-electron chi connectivity index (χ1n) is 13.8. The monoisotopic (exact) mass is 672 g/mol. The number of carbonyl (C=O) groups excluding carboxylic acids is 3. The van der Waals surface area contributed by atoms with Crippen LogP contribution in [0.2, 0.25) is 0 Å². The zero-order valence-electron chi connectivity index (χ0n) is 23.8. The van der Waals surface area contributed by atoms with Gasteiger partial charge in [-0.1, -0.05) is 30.3 Å². The summed E-state index contributed by atoms with van der Waals surface area (Å²) in [6.07, 6.45) is 6.31. The van der Waals surface area contributed by atoms with Gasteiger partial charge in [-0.05, 0) is 29.7 Å². The molecule has 4 atom stereocenters. The van der Waals surface area contributed by atoms with Gasteiger partial charge in [-0.15, -0.1) is 11.8 Å². The summed E-state index contributed by atoms with van der Waals surface area (Å²) in [5, 5.41) is 23.8. The highest BCUT2D eigenvalue weighted by molar-refractivity contribution is 8.00. The number of hydrogen-bond donors (Lipinski definition) is 6. The second kappa shape index (κ2) is 13.3. The Hall–Kier alpha value is -4.78. The van der Waals surface area contributed by atoms with Gasteiger partial charge >= 0.3 is 11.9 Å². The zero-order chi connectivity index (χ0) is 33.2. The molecular weight excluding hydrogens is 644 g/mol. The van der Waals surface area contributed by atoms with Crippen molar-refractivity contribution in [3.63, 3.8) is 0 Å². The standard InChI is InChI=1S/C28H28N6O10S2/c35-23(18(16-4-2-1-3-5-16)31-24(36)19-20(27(38)39)30-14-29-19)32-21-25(37)34-22(28(40)41)17(13-45-26(21)34)12-33-9-6-15(7-10-33)8-11-46(42,43)44/h1-7,9,14,18,21,26H,8,10-13H2,(H,29,30)(H,31,36)(H,32,35)(H,38,39)(H,40,41)(H,42,43,44)/t18-,21-,26-/m1/s1. The van der Waals surface area contributed by atoms with E-state index in [0.717, 1.165) is 16.1 Å². The maximum Gasteiger partial charge on any atom is 0.354 e. The number of aromatic amines is 1. The molecule has 1 aromatic heterocycles. The number of nitrogens with one attached hydrogen (secondary N) is 4. The number of benzene rings is 1. The summed E-state index contributed by atoms with van der Waals surface area (Å²) >= 11 is 1.27. The molecule has 46 heavy (non-hydrogen) atoms. The lowest BCUT2D eigenvalue weighted by Crippen LogP contribution is -3.08. The quantitative estimate of drug-likeness (QED) is 0.113. The number of allylic oxidation sites excluding steroid dienone is 2. The number of quaternary nitrogens is 1. The Morgan fingerprint density at radius 1 is 1.17 bits per heavy atom. The van der Waals surface area contributed by atoms with E-state index in [4.69, 9.17) is 0 Å². The molecule has 16 nitrogen and oxygen atoms in total. The van der Waals surface area contributed by atoms with E-state index in [1.54, 1.807) is 48.7 Å². The van der Waals surface area contributed by atoms with Crippen molar-refractivity contribution in [2.24, 2.45) is 0 Å². The number of imidazole rings is 1. The molecule has 0 saturated carbocycles. The number of carbonyl (C=O) groups is 5. The number of carboxylic acid groups (broad SMARTS) is 2. The predicted molar refractivity (Wildman–Crippen MR) is 159 cm³/mol. The topological polar surface area (TPSA) is 243 Å². The molecule has 1 saturated heterocycles. The highest BCUT2D eigenvalue weighted by Crippen LogP contribution is 2.40. The number of nitrogens with zero attached hydrogens (tertiary/aromatic N) is 2. The highest BCUT2D eigenvalue weighted by Gasteiger charge is 2.55. The maximum absolute atomic E-state index is 13.5. The number of hydrogen-bond acceptors (Lipinski definition) is 10. The van der Waals surface area contributed by atoms with Gasteiger partial charge in [-0.3, -0.25) is 19.3 Å². The number of aromatic carboxylic acids is 1. The first kappa shape index (κ1) is 32.6. The van der Waals surface area contributed by atoms with Gasteiger partial charge in [-0.2, -0.15) is 0 Å². The lowest BCUT2D eigenvalue weighted by atomic mass is 10.0. The van der Waals surface area contributed by atoms with Gasteiger partial charge in [-0.25, -0.2) is 23.0 Å². The molecule has 6 N–H and O–H groups in total. The molecule has 0 aliphatic carbocycles. The average molecular weight is 673 g/mol. The molecule has 5 rings (SSSR count). The van der Waals surface area contributed by atoms with E-state index in [0.29, 0.717) is 23.3 Å². The number of fused-ring (bicyclic) bond motifs is 1. The third-order valence-corrected chi connectivity index (χ3v) is 9.57. The molecule has 4 heterocycles. The third kappa shape index (κ3) is 7.04. The van der Waals surface area contributed by atoms with Gasteiger partial charge < -0.3 is 35.3 Å². The largest absolute Gasteiger partial charge is 0.748 e. The fourth-order valence-electron chi connectivity index (χ4n) is 5.29. The number of thioether (sulfide) groups is 1. The van der Waals surface area contributed by atoms with Gasteiger partial charge in [0.1, 0.15) is 36.2 Å². The number of amides is 3. The number of carboxylic acids is 2. The number of H-pyrrole nitrogens is 1. The Kier molecular flexibility index (Phi) is 9.42. The van der Waals surface area contributed by atoms with Crippen LogP contribution < -0.4 is 15.5 Å². The van der Waals surface area contributed by atoms with Crippen molar-refractivity contribution in [2.45, 2.75) is 23.9 Å². The van der Waals surface area contributed by atoms with E-state index in [9.17, 15) is 47.2 Å². The normalized spacial score (nSPS) is 21.5. The van der Waals surface area contributed by atoms with E-state index in [-0.39, 0.29) is 24.4 Å². The lowest BCUT2D eigenvalue weighted by Gasteiger charge is -2.49. The Morgan fingerprint density at radius 3 is 2.54 bits per heavy atom. The van der Waals surface area contributed by atoms with E-state index in [1.165, 1.54) is 11.8 Å². The summed E-state index contributed by atoms with van der Waals surface area (Å²) in [6, 6.07) is 5.65.